The summed E-state index contributed by atoms with van der Waals surface area (Å²) in [5, 5.41) is 3.60. The third kappa shape index (κ3) is 4.24. The minimum absolute atomic E-state index is 0.405. The van der Waals surface area contributed by atoms with Crippen LogP contribution in [0.5, 0.6) is 0 Å². The van der Waals surface area contributed by atoms with Crippen molar-refractivity contribution in [2.45, 2.75) is 45.6 Å². The largest absolute Gasteiger partial charge is 0.310 e. The fraction of sp³-hybridized carbons (Fsp3) is 0.500. The molecule has 1 aromatic carbocycles. The van der Waals surface area contributed by atoms with E-state index in [1.807, 2.05) is 0 Å². The van der Waals surface area contributed by atoms with Gasteiger partial charge in [0.15, 0.2) is 0 Å². The molecule has 0 aliphatic carbocycles. The topological polar surface area (TPSA) is 12.0 Å². The molecule has 0 heterocycles. The van der Waals surface area contributed by atoms with Crippen molar-refractivity contribution >= 4 is 0 Å². The van der Waals surface area contributed by atoms with E-state index in [2.05, 4.69) is 49.4 Å². The monoisotopic (exact) mass is 229 g/mol. The molecule has 1 unspecified atom stereocenters. The van der Waals surface area contributed by atoms with Crippen molar-refractivity contribution in [1.82, 2.24) is 5.32 Å². The summed E-state index contributed by atoms with van der Waals surface area (Å²) in [5.41, 5.74) is 2.84. The lowest BCUT2D eigenvalue weighted by Crippen LogP contribution is -2.23. The molecule has 1 aromatic rings. The average molecular weight is 229 g/mol. The van der Waals surface area contributed by atoms with Crippen LogP contribution in [0.3, 0.4) is 0 Å². The molecule has 0 spiro atoms. The quantitative estimate of drug-likeness (QED) is 0.703. The van der Waals surface area contributed by atoms with Crippen molar-refractivity contribution in [3.8, 4) is 12.3 Å². The number of terminal acetylenes is 1. The van der Waals surface area contributed by atoms with E-state index in [1.165, 1.54) is 11.1 Å². The van der Waals surface area contributed by atoms with Gasteiger partial charge in [-0.1, -0.05) is 38.1 Å². The molecule has 17 heavy (non-hydrogen) atoms. The molecule has 1 N–H and O–H groups in total. The van der Waals surface area contributed by atoms with Crippen molar-refractivity contribution in [1.29, 1.82) is 0 Å². The van der Waals surface area contributed by atoms with E-state index >= 15 is 0 Å². The third-order valence-corrected chi connectivity index (χ3v) is 3.03. The summed E-state index contributed by atoms with van der Waals surface area (Å²) < 4.78 is 0. The van der Waals surface area contributed by atoms with Crippen LogP contribution in [0.4, 0.5) is 0 Å². The molecule has 0 bridgehead atoms. The van der Waals surface area contributed by atoms with Crippen LogP contribution in [0.25, 0.3) is 0 Å². The van der Waals surface area contributed by atoms with Crippen molar-refractivity contribution in [2.75, 3.05) is 6.54 Å². The molecule has 1 atom stereocenters. The highest BCUT2D eigenvalue weighted by atomic mass is 14.9. The van der Waals surface area contributed by atoms with Crippen molar-refractivity contribution < 1.29 is 0 Å². The van der Waals surface area contributed by atoms with Gasteiger partial charge < -0.3 is 5.32 Å². The molecule has 0 aliphatic heterocycles. The maximum absolute atomic E-state index is 5.38. The van der Waals surface area contributed by atoms with E-state index < -0.39 is 0 Å². The van der Waals surface area contributed by atoms with Gasteiger partial charge in [-0.05, 0) is 36.9 Å². The minimum atomic E-state index is 0.405. The summed E-state index contributed by atoms with van der Waals surface area (Å²) in [7, 11) is 0. The molecular formula is C16H23N. The molecule has 0 aromatic heterocycles. The summed E-state index contributed by atoms with van der Waals surface area (Å²) in [5.74, 6) is 2.74. The molecule has 0 amide bonds. The Morgan fingerprint density at radius 2 is 2.06 bits per heavy atom. The lowest BCUT2D eigenvalue weighted by molar-refractivity contribution is 0.502. The molecule has 1 heteroatoms. The zero-order valence-corrected chi connectivity index (χ0v) is 11.0. The van der Waals surface area contributed by atoms with Gasteiger partial charge in [0.05, 0.1) is 0 Å². The Bertz CT molecular complexity index is 362. The third-order valence-electron chi connectivity index (χ3n) is 3.03. The molecule has 0 radical (unpaired) electrons. The van der Waals surface area contributed by atoms with Crippen molar-refractivity contribution in [3.63, 3.8) is 0 Å². The second-order valence-corrected chi connectivity index (χ2v) is 4.30. The van der Waals surface area contributed by atoms with Gasteiger partial charge in [0.2, 0.25) is 0 Å². The van der Waals surface area contributed by atoms with Gasteiger partial charge in [0, 0.05) is 12.5 Å². The predicted octanol–water partition coefficient (Wildman–Crippen LogP) is 3.70. The van der Waals surface area contributed by atoms with Gasteiger partial charge in [-0.2, -0.15) is 0 Å². The Labute approximate surface area is 106 Å². The minimum Gasteiger partial charge on any atom is -0.310 e. The molecule has 92 valence electrons. The van der Waals surface area contributed by atoms with E-state index in [0.717, 1.165) is 32.2 Å². The lowest BCUT2D eigenvalue weighted by atomic mass is 9.95. The zero-order chi connectivity index (χ0) is 12.5. The van der Waals surface area contributed by atoms with Crippen LogP contribution >= 0.6 is 0 Å². The molecule has 0 saturated heterocycles. The first kappa shape index (κ1) is 13.8. The number of hydrogen-bond acceptors (Lipinski definition) is 1. The van der Waals surface area contributed by atoms with E-state index in [-0.39, 0.29) is 0 Å². The van der Waals surface area contributed by atoms with Gasteiger partial charge in [-0.15, -0.1) is 12.3 Å². The first-order valence-corrected chi connectivity index (χ1v) is 6.58. The number of nitrogens with one attached hydrogen (secondary N) is 1. The summed E-state index contributed by atoms with van der Waals surface area (Å²) >= 11 is 0. The smallest absolute Gasteiger partial charge is 0.0332 e. The summed E-state index contributed by atoms with van der Waals surface area (Å²) in [6.45, 7) is 5.45. The Morgan fingerprint density at radius 3 is 2.71 bits per heavy atom. The number of benzene rings is 1. The maximum atomic E-state index is 5.38. The van der Waals surface area contributed by atoms with Crippen LogP contribution in [-0.2, 0) is 6.42 Å². The van der Waals surface area contributed by atoms with Crippen LogP contribution in [0.1, 0.15) is 50.3 Å². The van der Waals surface area contributed by atoms with E-state index in [0.29, 0.717) is 6.04 Å². The predicted molar refractivity (Wildman–Crippen MR) is 74.9 cm³/mol. The molecule has 0 aliphatic rings. The number of rotatable bonds is 7. The van der Waals surface area contributed by atoms with Crippen LogP contribution < -0.4 is 5.32 Å². The zero-order valence-electron chi connectivity index (χ0n) is 11.0. The Morgan fingerprint density at radius 1 is 1.29 bits per heavy atom. The highest BCUT2D eigenvalue weighted by Crippen LogP contribution is 2.22. The maximum Gasteiger partial charge on any atom is 0.0332 e. The molecule has 1 rings (SSSR count). The van der Waals surface area contributed by atoms with E-state index in [9.17, 15) is 0 Å². The van der Waals surface area contributed by atoms with Crippen molar-refractivity contribution in [2.24, 2.45) is 0 Å². The van der Waals surface area contributed by atoms with Crippen LogP contribution in [0, 0.1) is 12.3 Å². The molecule has 0 saturated carbocycles. The molecular weight excluding hydrogens is 206 g/mol. The van der Waals surface area contributed by atoms with Gasteiger partial charge >= 0.3 is 0 Å². The first-order valence-electron chi connectivity index (χ1n) is 6.58. The second-order valence-electron chi connectivity index (χ2n) is 4.30. The average Bonchev–Trinajstić information content (AvgIpc) is 2.39. The van der Waals surface area contributed by atoms with E-state index in [1.54, 1.807) is 0 Å². The SMILES string of the molecule is C#CCCC(NCCC)c1ccccc1CC. The fourth-order valence-corrected chi connectivity index (χ4v) is 2.11. The lowest BCUT2D eigenvalue weighted by Gasteiger charge is -2.20. The summed E-state index contributed by atoms with van der Waals surface area (Å²) in [6, 6.07) is 9.07. The highest BCUT2D eigenvalue weighted by Gasteiger charge is 2.12. The summed E-state index contributed by atoms with van der Waals surface area (Å²) in [6.07, 6.45) is 9.46. The number of aryl methyl sites for hydroxylation is 1. The second kappa shape index (κ2) is 7.92. The van der Waals surface area contributed by atoms with Crippen LogP contribution in [-0.4, -0.2) is 6.54 Å². The Kier molecular flexibility index (Phi) is 6.43. The number of hydrogen-bond donors (Lipinski definition) is 1. The van der Waals surface area contributed by atoms with Crippen LogP contribution in [0.2, 0.25) is 0 Å². The summed E-state index contributed by atoms with van der Waals surface area (Å²) in [4.78, 5) is 0. The van der Waals surface area contributed by atoms with Gasteiger partial charge in [-0.3, -0.25) is 0 Å². The van der Waals surface area contributed by atoms with Gasteiger partial charge in [0.25, 0.3) is 0 Å². The molecule has 0 fully saturated rings. The Hall–Kier alpha value is -1.26. The normalized spacial score (nSPS) is 12.1. The molecule has 1 nitrogen and oxygen atoms in total. The standard InChI is InChI=1S/C16H23N/c1-4-7-12-16(17-13-5-2)15-11-9-8-10-14(15)6-3/h1,8-11,16-17H,5-7,12-13H2,2-3H3. The van der Waals surface area contributed by atoms with Gasteiger partial charge in [0.1, 0.15) is 0 Å². The fourth-order valence-electron chi connectivity index (χ4n) is 2.11. The Balaban J connectivity index is 2.83. The van der Waals surface area contributed by atoms with E-state index in [4.69, 9.17) is 6.42 Å². The first-order chi connectivity index (χ1) is 8.33. The van der Waals surface area contributed by atoms with Crippen LogP contribution in [0.15, 0.2) is 24.3 Å². The highest BCUT2D eigenvalue weighted by molar-refractivity contribution is 5.30. The van der Waals surface area contributed by atoms with Crippen molar-refractivity contribution in [3.05, 3.63) is 35.4 Å². The van der Waals surface area contributed by atoms with Gasteiger partial charge in [-0.25, -0.2) is 0 Å².